The van der Waals surface area contributed by atoms with E-state index < -0.39 is 5.91 Å². The van der Waals surface area contributed by atoms with Crippen LogP contribution in [0.5, 0.6) is 0 Å². The molecule has 2 aromatic heterocycles. The maximum absolute atomic E-state index is 12.6. The standard InChI is InChI=1S/C25H25N5O3/c1-4-30(5-2)23-14-16(3)26-25(29-23)28-18-12-10-17(11-13-18)27-24(32)22-15-20(31)19-8-6-7-9-21(19)33-22/h6-15H,4-5H2,1-3H3,(H,27,32)(H,26,28,29). The molecule has 1 amide bonds. The summed E-state index contributed by atoms with van der Waals surface area (Å²) in [6, 6.07) is 17.1. The maximum atomic E-state index is 12.6. The van der Waals surface area contributed by atoms with Crippen LogP contribution in [0.4, 0.5) is 23.1 Å². The van der Waals surface area contributed by atoms with Crippen molar-refractivity contribution in [1.29, 1.82) is 0 Å². The van der Waals surface area contributed by atoms with Gasteiger partial charge in [-0.15, -0.1) is 0 Å². The van der Waals surface area contributed by atoms with E-state index in [1.165, 1.54) is 6.07 Å². The van der Waals surface area contributed by atoms with E-state index in [1.807, 2.05) is 25.1 Å². The van der Waals surface area contributed by atoms with Gasteiger partial charge >= 0.3 is 0 Å². The van der Waals surface area contributed by atoms with Crippen molar-refractivity contribution in [2.75, 3.05) is 28.6 Å². The monoisotopic (exact) mass is 443 g/mol. The fourth-order valence-electron chi connectivity index (χ4n) is 3.49. The molecule has 0 radical (unpaired) electrons. The number of nitrogens with zero attached hydrogens (tertiary/aromatic N) is 3. The van der Waals surface area contributed by atoms with E-state index >= 15 is 0 Å². The van der Waals surface area contributed by atoms with Gasteiger partial charge in [-0.05, 0) is 57.2 Å². The SMILES string of the molecule is CCN(CC)c1cc(C)nc(Nc2ccc(NC(=O)c3cc(=O)c4ccccc4o3)cc2)n1. The summed E-state index contributed by atoms with van der Waals surface area (Å²) in [7, 11) is 0. The Balaban J connectivity index is 1.48. The molecule has 2 N–H and O–H groups in total. The second-order valence-corrected chi connectivity index (χ2v) is 7.49. The van der Waals surface area contributed by atoms with Crippen LogP contribution >= 0.6 is 0 Å². The summed E-state index contributed by atoms with van der Waals surface area (Å²) >= 11 is 0. The third kappa shape index (κ3) is 5.01. The first kappa shape index (κ1) is 22.0. The largest absolute Gasteiger partial charge is 0.451 e. The van der Waals surface area contributed by atoms with Crippen LogP contribution in [0.1, 0.15) is 30.1 Å². The Morgan fingerprint density at radius 2 is 1.67 bits per heavy atom. The smallest absolute Gasteiger partial charge is 0.291 e. The van der Waals surface area contributed by atoms with Crippen molar-refractivity contribution in [1.82, 2.24) is 9.97 Å². The van der Waals surface area contributed by atoms with E-state index in [4.69, 9.17) is 4.42 Å². The molecular weight excluding hydrogens is 418 g/mol. The minimum absolute atomic E-state index is 0.0435. The minimum atomic E-state index is -0.496. The Kier molecular flexibility index (Phi) is 6.35. The predicted molar refractivity (Wildman–Crippen MR) is 130 cm³/mol. The topological polar surface area (TPSA) is 100 Å². The third-order valence-corrected chi connectivity index (χ3v) is 5.19. The van der Waals surface area contributed by atoms with E-state index in [-0.39, 0.29) is 11.2 Å². The van der Waals surface area contributed by atoms with Gasteiger partial charge in [0.15, 0.2) is 11.2 Å². The van der Waals surface area contributed by atoms with Gasteiger partial charge in [0, 0.05) is 42.3 Å². The number of carbonyl (C=O) groups is 1. The lowest BCUT2D eigenvalue weighted by molar-refractivity contribution is 0.0997. The number of anilines is 4. The van der Waals surface area contributed by atoms with Crippen LogP contribution in [-0.2, 0) is 0 Å². The van der Waals surface area contributed by atoms with Crippen LogP contribution in [0, 0.1) is 6.92 Å². The molecule has 0 bridgehead atoms. The van der Waals surface area contributed by atoms with Gasteiger partial charge in [0.25, 0.3) is 5.91 Å². The van der Waals surface area contributed by atoms with Crippen LogP contribution in [0.2, 0.25) is 0 Å². The molecule has 0 aliphatic carbocycles. The molecule has 2 aromatic carbocycles. The second kappa shape index (κ2) is 9.52. The lowest BCUT2D eigenvalue weighted by atomic mass is 10.2. The predicted octanol–water partition coefficient (Wildman–Crippen LogP) is 4.73. The normalized spacial score (nSPS) is 10.8. The highest BCUT2D eigenvalue weighted by Crippen LogP contribution is 2.21. The fourth-order valence-corrected chi connectivity index (χ4v) is 3.49. The molecule has 0 aliphatic heterocycles. The Morgan fingerprint density at radius 3 is 2.39 bits per heavy atom. The van der Waals surface area contributed by atoms with Crippen molar-refractivity contribution in [2.24, 2.45) is 0 Å². The van der Waals surface area contributed by atoms with Crippen molar-refractivity contribution < 1.29 is 9.21 Å². The van der Waals surface area contributed by atoms with Crippen LogP contribution in [0.3, 0.4) is 0 Å². The quantitative estimate of drug-likeness (QED) is 0.426. The first-order chi connectivity index (χ1) is 16.0. The highest BCUT2D eigenvalue weighted by Gasteiger charge is 2.13. The van der Waals surface area contributed by atoms with Gasteiger partial charge in [-0.2, -0.15) is 4.98 Å². The maximum Gasteiger partial charge on any atom is 0.291 e. The minimum Gasteiger partial charge on any atom is -0.451 e. The number of fused-ring (bicyclic) bond motifs is 1. The first-order valence-electron chi connectivity index (χ1n) is 10.8. The van der Waals surface area contributed by atoms with Crippen molar-refractivity contribution in [3.05, 3.63) is 82.3 Å². The van der Waals surface area contributed by atoms with Gasteiger partial charge in [-0.1, -0.05) is 12.1 Å². The molecule has 0 saturated heterocycles. The Hall–Kier alpha value is -4.20. The highest BCUT2D eigenvalue weighted by molar-refractivity contribution is 6.03. The zero-order chi connectivity index (χ0) is 23.4. The van der Waals surface area contributed by atoms with Gasteiger partial charge in [0.2, 0.25) is 5.95 Å². The Labute approximate surface area is 191 Å². The summed E-state index contributed by atoms with van der Waals surface area (Å²) in [6.45, 7) is 7.83. The molecule has 8 heteroatoms. The number of benzene rings is 2. The zero-order valence-corrected chi connectivity index (χ0v) is 18.8. The van der Waals surface area contributed by atoms with Crippen LogP contribution in [0.15, 0.2) is 69.9 Å². The number of amides is 1. The van der Waals surface area contributed by atoms with E-state index in [0.717, 1.165) is 30.3 Å². The molecule has 0 atom stereocenters. The van der Waals surface area contributed by atoms with Gasteiger partial charge in [0.05, 0.1) is 5.39 Å². The van der Waals surface area contributed by atoms with E-state index in [0.29, 0.717) is 22.6 Å². The van der Waals surface area contributed by atoms with E-state index in [9.17, 15) is 9.59 Å². The summed E-state index contributed by atoms with van der Waals surface area (Å²) in [5.74, 6) is 0.838. The average Bonchev–Trinajstić information content (AvgIpc) is 2.81. The van der Waals surface area contributed by atoms with Crippen molar-refractivity contribution >= 4 is 40.0 Å². The number of rotatable bonds is 7. The third-order valence-electron chi connectivity index (χ3n) is 5.19. The molecule has 2 heterocycles. The molecule has 0 saturated carbocycles. The van der Waals surface area contributed by atoms with Crippen molar-refractivity contribution in [3.63, 3.8) is 0 Å². The lowest BCUT2D eigenvalue weighted by Crippen LogP contribution is -2.23. The van der Waals surface area contributed by atoms with Crippen LogP contribution in [0.25, 0.3) is 11.0 Å². The lowest BCUT2D eigenvalue weighted by Gasteiger charge is -2.20. The number of hydrogen-bond acceptors (Lipinski definition) is 7. The Bertz CT molecular complexity index is 1340. The summed E-state index contributed by atoms with van der Waals surface area (Å²) in [5.41, 5.74) is 2.33. The summed E-state index contributed by atoms with van der Waals surface area (Å²) in [6.07, 6.45) is 0. The number of aryl methyl sites for hydroxylation is 1. The molecular formula is C25H25N5O3. The van der Waals surface area contributed by atoms with Crippen molar-refractivity contribution in [2.45, 2.75) is 20.8 Å². The van der Waals surface area contributed by atoms with E-state index in [2.05, 4.69) is 39.3 Å². The number of hydrogen-bond donors (Lipinski definition) is 2. The fraction of sp³-hybridized carbons (Fsp3) is 0.200. The molecule has 33 heavy (non-hydrogen) atoms. The molecule has 0 spiro atoms. The summed E-state index contributed by atoms with van der Waals surface area (Å²) < 4.78 is 5.59. The molecule has 4 rings (SSSR count). The molecule has 0 aliphatic rings. The van der Waals surface area contributed by atoms with Gasteiger partial charge in [-0.3, -0.25) is 9.59 Å². The van der Waals surface area contributed by atoms with Gasteiger partial charge in [0.1, 0.15) is 11.4 Å². The number of carbonyl (C=O) groups excluding carboxylic acids is 1. The van der Waals surface area contributed by atoms with Gasteiger partial charge in [-0.25, -0.2) is 4.98 Å². The summed E-state index contributed by atoms with van der Waals surface area (Å²) in [5, 5.41) is 6.40. The molecule has 0 fully saturated rings. The van der Waals surface area contributed by atoms with Crippen LogP contribution in [-0.4, -0.2) is 29.0 Å². The zero-order valence-electron chi connectivity index (χ0n) is 18.8. The van der Waals surface area contributed by atoms with Crippen LogP contribution < -0.4 is 21.0 Å². The van der Waals surface area contributed by atoms with Gasteiger partial charge < -0.3 is 20.0 Å². The number of nitrogens with one attached hydrogen (secondary N) is 2. The first-order valence-corrected chi connectivity index (χ1v) is 10.8. The summed E-state index contributed by atoms with van der Waals surface area (Å²) in [4.78, 5) is 36.1. The molecule has 0 unspecified atom stereocenters. The molecule has 8 nitrogen and oxygen atoms in total. The molecule has 4 aromatic rings. The number of aromatic nitrogens is 2. The van der Waals surface area contributed by atoms with Crippen molar-refractivity contribution in [3.8, 4) is 0 Å². The van der Waals surface area contributed by atoms with E-state index in [1.54, 1.807) is 36.4 Å². The molecule has 168 valence electrons. The Morgan fingerprint density at radius 1 is 0.970 bits per heavy atom. The number of para-hydroxylation sites is 1. The average molecular weight is 444 g/mol. The highest BCUT2D eigenvalue weighted by atomic mass is 16.3. The second-order valence-electron chi connectivity index (χ2n) is 7.49.